The highest BCUT2D eigenvalue weighted by molar-refractivity contribution is 14.0. The standard InChI is InChI=1S/C19H23F5N6O.HI/c1-25-18(26-9-12-10-29(2)28-16(12)19(22,23)24)27-13-7-8-30(11-13)14-5-3-4-6-15(14)31-17(20)21;/h3-6,10,13,17H,7-9,11H2,1-2H3,(H2,25,26,27);1H. The molecule has 1 aromatic carbocycles. The van der Waals surface area contributed by atoms with Crippen molar-refractivity contribution in [1.29, 1.82) is 0 Å². The molecule has 178 valence electrons. The van der Waals surface area contributed by atoms with Crippen LogP contribution in [-0.2, 0) is 19.8 Å². The van der Waals surface area contributed by atoms with Gasteiger partial charge in [-0.2, -0.15) is 27.1 Å². The van der Waals surface area contributed by atoms with E-state index in [1.165, 1.54) is 26.4 Å². The lowest BCUT2D eigenvalue weighted by atomic mass is 10.2. The molecule has 0 radical (unpaired) electrons. The van der Waals surface area contributed by atoms with E-state index in [-0.39, 0.29) is 47.9 Å². The third-order valence-electron chi connectivity index (χ3n) is 4.79. The predicted molar refractivity (Wildman–Crippen MR) is 121 cm³/mol. The number of nitrogens with one attached hydrogen (secondary N) is 2. The van der Waals surface area contributed by atoms with E-state index in [2.05, 4.69) is 25.5 Å². The molecule has 0 aliphatic carbocycles. The first kappa shape index (κ1) is 25.9. The number of alkyl halides is 5. The van der Waals surface area contributed by atoms with Gasteiger partial charge in [-0.25, -0.2) is 0 Å². The summed E-state index contributed by atoms with van der Waals surface area (Å²) in [5, 5.41) is 9.51. The fraction of sp³-hybridized carbons (Fsp3) is 0.474. The lowest BCUT2D eigenvalue weighted by Crippen LogP contribution is -2.44. The fourth-order valence-electron chi connectivity index (χ4n) is 3.48. The van der Waals surface area contributed by atoms with Crippen molar-refractivity contribution < 1.29 is 26.7 Å². The molecule has 0 amide bonds. The molecule has 1 aromatic heterocycles. The Morgan fingerprint density at radius 1 is 1.31 bits per heavy atom. The number of rotatable bonds is 6. The summed E-state index contributed by atoms with van der Waals surface area (Å²) in [5.74, 6) is 0.429. The number of nitrogens with zero attached hydrogens (tertiary/aromatic N) is 4. The molecular formula is C19H24F5IN6O. The lowest BCUT2D eigenvalue weighted by molar-refractivity contribution is -0.142. The number of para-hydroxylation sites is 2. The van der Waals surface area contributed by atoms with Gasteiger partial charge < -0.3 is 20.3 Å². The fourth-order valence-corrected chi connectivity index (χ4v) is 3.48. The van der Waals surface area contributed by atoms with Gasteiger partial charge in [0.25, 0.3) is 0 Å². The number of halogens is 6. The van der Waals surface area contributed by atoms with Crippen molar-refractivity contribution in [3.63, 3.8) is 0 Å². The van der Waals surface area contributed by atoms with Gasteiger partial charge in [-0.1, -0.05) is 12.1 Å². The molecule has 13 heteroatoms. The Morgan fingerprint density at radius 3 is 2.69 bits per heavy atom. The van der Waals surface area contributed by atoms with Gasteiger partial charge in [0.15, 0.2) is 11.7 Å². The predicted octanol–water partition coefficient (Wildman–Crippen LogP) is 3.60. The number of anilines is 1. The number of guanidine groups is 1. The number of benzene rings is 1. The maximum Gasteiger partial charge on any atom is 0.435 e. The molecule has 1 fully saturated rings. The summed E-state index contributed by atoms with van der Waals surface area (Å²) >= 11 is 0. The molecule has 2 aromatic rings. The average molecular weight is 574 g/mol. The van der Waals surface area contributed by atoms with Gasteiger partial charge in [0, 0.05) is 51.5 Å². The molecule has 2 heterocycles. The molecule has 1 aliphatic heterocycles. The number of aliphatic imine (C=N–C) groups is 1. The second-order valence-electron chi connectivity index (χ2n) is 7.02. The van der Waals surface area contributed by atoms with Crippen LogP contribution in [0.5, 0.6) is 5.75 Å². The quantitative estimate of drug-likeness (QED) is 0.239. The Kier molecular flexibility index (Phi) is 8.92. The van der Waals surface area contributed by atoms with E-state index in [9.17, 15) is 22.0 Å². The van der Waals surface area contributed by atoms with Gasteiger partial charge in [0.05, 0.1) is 5.69 Å². The molecule has 0 bridgehead atoms. The molecule has 0 spiro atoms. The van der Waals surface area contributed by atoms with Crippen molar-refractivity contribution in [2.45, 2.75) is 31.8 Å². The molecular weight excluding hydrogens is 550 g/mol. The first-order chi connectivity index (χ1) is 14.7. The minimum absolute atomic E-state index is 0. The van der Waals surface area contributed by atoms with Crippen LogP contribution in [0.3, 0.4) is 0 Å². The summed E-state index contributed by atoms with van der Waals surface area (Å²) in [7, 11) is 2.94. The number of hydrogen-bond donors (Lipinski definition) is 2. The van der Waals surface area contributed by atoms with Crippen LogP contribution >= 0.6 is 24.0 Å². The summed E-state index contributed by atoms with van der Waals surface area (Å²) < 4.78 is 70.3. The molecule has 0 saturated carbocycles. The Bertz CT molecular complexity index is 920. The van der Waals surface area contributed by atoms with Crippen molar-refractivity contribution in [3.05, 3.63) is 41.7 Å². The van der Waals surface area contributed by atoms with Crippen LogP contribution in [0.2, 0.25) is 0 Å². The second-order valence-corrected chi connectivity index (χ2v) is 7.02. The average Bonchev–Trinajstić information content (AvgIpc) is 3.31. The van der Waals surface area contributed by atoms with Crippen LogP contribution in [0.1, 0.15) is 17.7 Å². The summed E-state index contributed by atoms with van der Waals surface area (Å²) in [6, 6.07) is 6.46. The molecule has 1 unspecified atom stereocenters. The van der Waals surface area contributed by atoms with Crippen LogP contribution in [0.25, 0.3) is 0 Å². The van der Waals surface area contributed by atoms with Crippen molar-refractivity contribution in [2.24, 2.45) is 12.0 Å². The number of ether oxygens (including phenoxy) is 1. The Hall–Kier alpha value is -2.32. The number of aryl methyl sites for hydroxylation is 1. The van der Waals surface area contributed by atoms with E-state index in [4.69, 9.17) is 0 Å². The second kappa shape index (κ2) is 11.0. The van der Waals surface area contributed by atoms with Gasteiger partial charge in [-0.05, 0) is 18.6 Å². The first-order valence-electron chi connectivity index (χ1n) is 9.53. The van der Waals surface area contributed by atoms with Gasteiger partial charge in [0.1, 0.15) is 5.75 Å². The highest BCUT2D eigenvalue weighted by Crippen LogP contribution is 2.32. The Morgan fingerprint density at radius 2 is 2.03 bits per heavy atom. The van der Waals surface area contributed by atoms with Crippen molar-refractivity contribution in [1.82, 2.24) is 20.4 Å². The van der Waals surface area contributed by atoms with E-state index in [1.807, 2.05) is 4.90 Å². The van der Waals surface area contributed by atoms with E-state index in [0.29, 0.717) is 31.2 Å². The maximum atomic E-state index is 13.1. The van der Waals surface area contributed by atoms with E-state index >= 15 is 0 Å². The highest BCUT2D eigenvalue weighted by atomic mass is 127. The van der Waals surface area contributed by atoms with Gasteiger partial charge in [0.2, 0.25) is 0 Å². The van der Waals surface area contributed by atoms with Crippen molar-refractivity contribution in [3.8, 4) is 5.75 Å². The molecule has 1 atom stereocenters. The van der Waals surface area contributed by atoms with E-state index in [0.717, 1.165) is 4.68 Å². The molecule has 2 N–H and O–H groups in total. The maximum absolute atomic E-state index is 13.1. The van der Waals surface area contributed by atoms with E-state index < -0.39 is 18.5 Å². The largest absolute Gasteiger partial charge is 0.435 e. The molecule has 32 heavy (non-hydrogen) atoms. The normalized spacial score (nSPS) is 16.8. The minimum atomic E-state index is -4.55. The highest BCUT2D eigenvalue weighted by Gasteiger charge is 2.37. The van der Waals surface area contributed by atoms with Gasteiger partial charge in [-0.3, -0.25) is 9.67 Å². The summed E-state index contributed by atoms with van der Waals surface area (Å²) in [4.78, 5) is 5.97. The van der Waals surface area contributed by atoms with Crippen molar-refractivity contribution in [2.75, 3.05) is 25.0 Å². The van der Waals surface area contributed by atoms with E-state index in [1.54, 1.807) is 18.2 Å². The molecule has 1 aliphatic rings. The van der Waals surface area contributed by atoms with Crippen LogP contribution in [0.4, 0.5) is 27.6 Å². The summed E-state index contributed by atoms with van der Waals surface area (Å²) in [6.07, 6.45) is -2.56. The Balaban J connectivity index is 0.00000363. The third kappa shape index (κ3) is 6.59. The summed E-state index contributed by atoms with van der Waals surface area (Å²) in [5.41, 5.74) is -0.384. The SMILES string of the molecule is CN=C(NCc1cn(C)nc1C(F)(F)F)NC1CCN(c2ccccc2OC(F)F)C1.I. The van der Waals surface area contributed by atoms with Crippen LogP contribution in [0.15, 0.2) is 35.5 Å². The topological polar surface area (TPSA) is 66.7 Å². The number of hydrogen-bond acceptors (Lipinski definition) is 4. The monoisotopic (exact) mass is 574 g/mol. The van der Waals surface area contributed by atoms with Crippen LogP contribution in [-0.4, -0.2) is 48.5 Å². The zero-order chi connectivity index (χ0) is 22.6. The lowest BCUT2D eigenvalue weighted by Gasteiger charge is -2.22. The molecule has 7 nitrogen and oxygen atoms in total. The summed E-state index contributed by atoms with van der Waals surface area (Å²) in [6.45, 7) is -1.94. The first-order valence-corrected chi connectivity index (χ1v) is 9.53. The zero-order valence-electron chi connectivity index (χ0n) is 17.4. The van der Waals surface area contributed by atoms with Crippen molar-refractivity contribution >= 4 is 35.6 Å². The van der Waals surface area contributed by atoms with Crippen LogP contribution < -0.4 is 20.3 Å². The third-order valence-corrected chi connectivity index (χ3v) is 4.79. The smallest absolute Gasteiger partial charge is 0.433 e. The number of aromatic nitrogens is 2. The zero-order valence-corrected chi connectivity index (χ0v) is 19.7. The van der Waals surface area contributed by atoms with Crippen LogP contribution in [0, 0.1) is 0 Å². The molecule has 3 rings (SSSR count). The van der Waals surface area contributed by atoms with Gasteiger partial charge in [-0.15, -0.1) is 24.0 Å². The minimum Gasteiger partial charge on any atom is -0.433 e. The molecule has 1 saturated heterocycles. The van der Waals surface area contributed by atoms with Gasteiger partial charge >= 0.3 is 12.8 Å². The Labute approximate surface area is 199 Å².